The smallest absolute Gasteiger partial charge is 0.253 e. The lowest BCUT2D eigenvalue weighted by Crippen LogP contribution is -2.29. The fraction of sp³-hybridized carbons (Fsp3) is 0.462. The highest BCUT2D eigenvalue weighted by Gasteiger charge is 2.12. The molecular weight excluding hydrogens is 329 g/mol. The Balaban J connectivity index is 2.71. The second-order valence-electron chi connectivity index (χ2n) is 4.33. The fourth-order valence-corrected chi connectivity index (χ4v) is 1.82. The molecule has 1 atom stereocenters. The maximum absolute atomic E-state index is 12.1. The molecule has 94 valence electrons. The molecule has 0 bridgehead atoms. The maximum atomic E-state index is 12.1. The third-order valence-corrected chi connectivity index (χ3v) is 3.84. The van der Waals surface area contributed by atoms with Gasteiger partial charge in [-0.25, -0.2) is 0 Å². The molecule has 1 unspecified atom stereocenters. The van der Waals surface area contributed by atoms with Gasteiger partial charge in [-0.2, -0.15) is 0 Å². The number of halogens is 1. The average molecular weight is 347 g/mol. The van der Waals surface area contributed by atoms with Crippen LogP contribution in [0, 0.1) is 10.5 Å². The second kappa shape index (κ2) is 6.35. The van der Waals surface area contributed by atoms with E-state index in [0.29, 0.717) is 18.5 Å². The van der Waals surface area contributed by atoms with Gasteiger partial charge in [0.15, 0.2) is 0 Å². The van der Waals surface area contributed by atoms with Crippen molar-refractivity contribution in [2.75, 3.05) is 13.6 Å². The molecule has 1 rings (SSSR count). The lowest BCUT2D eigenvalue weighted by Gasteiger charge is -2.18. The summed E-state index contributed by atoms with van der Waals surface area (Å²) in [6.07, 6.45) is 0.231. The molecular formula is C13H18INO2. The molecule has 0 spiro atoms. The molecule has 4 heteroatoms. The summed E-state index contributed by atoms with van der Waals surface area (Å²) in [6.45, 7) is 4.29. The van der Waals surface area contributed by atoms with E-state index >= 15 is 0 Å². The summed E-state index contributed by atoms with van der Waals surface area (Å²) in [6, 6.07) is 5.70. The van der Waals surface area contributed by atoms with Crippen molar-refractivity contribution in [3.63, 3.8) is 0 Å². The standard InChI is InChI=1S/C13H18INO2/c1-9-8-11(4-5-12(9)14)13(17)15(3)7-6-10(2)16/h4-5,8,10,16H,6-7H2,1-3H3. The van der Waals surface area contributed by atoms with Crippen molar-refractivity contribution < 1.29 is 9.90 Å². The van der Waals surface area contributed by atoms with Crippen molar-refractivity contribution in [3.8, 4) is 0 Å². The summed E-state index contributed by atoms with van der Waals surface area (Å²) in [4.78, 5) is 13.7. The van der Waals surface area contributed by atoms with E-state index in [4.69, 9.17) is 0 Å². The molecule has 0 aliphatic rings. The number of hydrogen-bond donors (Lipinski definition) is 1. The highest BCUT2D eigenvalue weighted by molar-refractivity contribution is 14.1. The first kappa shape index (κ1) is 14.4. The van der Waals surface area contributed by atoms with Crippen molar-refractivity contribution in [1.29, 1.82) is 0 Å². The minimum Gasteiger partial charge on any atom is -0.393 e. The molecule has 0 radical (unpaired) electrons. The third-order valence-electron chi connectivity index (χ3n) is 2.63. The Bertz CT molecular complexity index is 404. The van der Waals surface area contributed by atoms with Gasteiger partial charge in [0.2, 0.25) is 0 Å². The first-order valence-corrected chi connectivity index (χ1v) is 6.69. The molecule has 0 aliphatic heterocycles. The maximum Gasteiger partial charge on any atom is 0.253 e. The van der Waals surface area contributed by atoms with Gasteiger partial charge >= 0.3 is 0 Å². The Labute approximate surface area is 116 Å². The molecule has 3 nitrogen and oxygen atoms in total. The molecule has 0 saturated carbocycles. The molecule has 1 amide bonds. The van der Waals surface area contributed by atoms with Crippen molar-refractivity contribution in [3.05, 3.63) is 32.9 Å². The van der Waals surface area contributed by atoms with E-state index in [1.54, 1.807) is 18.9 Å². The highest BCUT2D eigenvalue weighted by atomic mass is 127. The summed E-state index contributed by atoms with van der Waals surface area (Å²) in [7, 11) is 1.76. The number of carbonyl (C=O) groups excluding carboxylic acids is 1. The van der Waals surface area contributed by atoms with Crippen LogP contribution in [-0.2, 0) is 0 Å². The molecule has 0 heterocycles. The summed E-state index contributed by atoms with van der Waals surface area (Å²) < 4.78 is 1.16. The third kappa shape index (κ3) is 4.27. The zero-order valence-electron chi connectivity index (χ0n) is 10.4. The highest BCUT2D eigenvalue weighted by Crippen LogP contribution is 2.14. The van der Waals surface area contributed by atoms with Crippen LogP contribution < -0.4 is 0 Å². The van der Waals surface area contributed by atoms with E-state index in [1.165, 1.54) is 0 Å². The van der Waals surface area contributed by atoms with E-state index < -0.39 is 0 Å². The van der Waals surface area contributed by atoms with Gasteiger partial charge < -0.3 is 10.0 Å². The Morgan fingerprint density at radius 1 is 1.53 bits per heavy atom. The average Bonchev–Trinajstić information content (AvgIpc) is 2.28. The number of nitrogens with zero attached hydrogens (tertiary/aromatic N) is 1. The van der Waals surface area contributed by atoms with Crippen LogP contribution in [0.2, 0.25) is 0 Å². The number of aryl methyl sites for hydroxylation is 1. The van der Waals surface area contributed by atoms with Crippen LogP contribution in [0.25, 0.3) is 0 Å². The Kier molecular flexibility index (Phi) is 5.39. The lowest BCUT2D eigenvalue weighted by molar-refractivity contribution is 0.0769. The summed E-state index contributed by atoms with van der Waals surface area (Å²) in [5.74, 6) is 0.00477. The predicted octanol–water partition coefficient (Wildman–Crippen LogP) is 2.44. The Morgan fingerprint density at radius 3 is 2.71 bits per heavy atom. The second-order valence-corrected chi connectivity index (χ2v) is 5.49. The first-order valence-electron chi connectivity index (χ1n) is 5.61. The van der Waals surface area contributed by atoms with Gasteiger partial charge in [0.25, 0.3) is 5.91 Å². The topological polar surface area (TPSA) is 40.5 Å². The minimum atomic E-state index is -0.372. The predicted molar refractivity (Wildman–Crippen MR) is 77.2 cm³/mol. The van der Waals surface area contributed by atoms with E-state index in [2.05, 4.69) is 22.6 Å². The Morgan fingerprint density at radius 2 is 2.18 bits per heavy atom. The molecule has 0 fully saturated rings. The van der Waals surface area contributed by atoms with E-state index in [0.717, 1.165) is 9.13 Å². The first-order chi connectivity index (χ1) is 7.91. The van der Waals surface area contributed by atoms with Crippen molar-refractivity contribution in [2.24, 2.45) is 0 Å². The van der Waals surface area contributed by atoms with Crippen LogP contribution in [-0.4, -0.2) is 35.6 Å². The Hall–Kier alpha value is -0.620. The molecule has 0 aromatic heterocycles. The van der Waals surface area contributed by atoms with Gasteiger partial charge in [0.1, 0.15) is 0 Å². The summed E-state index contributed by atoms with van der Waals surface area (Å²) in [5, 5.41) is 9.20. The van der Waals surface area contributed by atoms with Crippen LogP contribution >= 0.6 is 22.6 Å². The van der Waals surface area contributed by atoms with Crippen LogP contribution in [0.4, 0.5) is 0 Å². The zero-order valence-corrected chi connectivity index (χ0v) is 12.6. The van der Waals surface area contributed by atoms with Gasteiger partial charge in [0.05, 0.1) is 6.10 Å². The van der Waals surface area contributed by atoms with E-state index in [9.17, 15) is 9.90 Å². The molecule has 0 aliphatic carbocycles. The lowest BCUT2D eigenvalue weighted by atomic mass is 10.1. The zero-order chi connectivity index (χ0) is 13.0. The van der Waals surface area contributed by atoms with Gasteiger partial charge in [-0.1, -0.05) is 0 Å². The quantitative estimate of drug-likeness (QED) is 0.850. The molecule has 17 heavy (non-hydrogen) atoms. The van der Waals surface area contributed by atoms with Gasteiger partial charge in [0, 0.05) is 22.7 Å². The van der Waals surface area contributed by atoms with Gasteiger partial charge in [-0.3, -0.25) is 4.79 Å². The van der Waals surface area contributed by atoms with Crippen molar-refractivity contribution in [2.45, 2.75) is 26.4 Å². The summed E-state index contributed by atoms with van der Waals surface area (Å²) in [5.41, 5.74) is 1.82. The van der Waals surface area contributed by atoms with Crippen LogP contribution in [0.3, 0.4) is 0 Å². The molecule has 1 aromatic carbocycles. The number of aliphatic hydroxyl groups is 1. The monoisotopic (exact) mass is 347 g/mol. The number of benzene rings is 1. The van der Waals surface area contributed by atoms with E-state index in [1.807, 2.05) is 25.1 Å². The number of hydrogen-bond acceptors (Lipinski definition) is 2. The molecule has 1 N–H and O–H groups in total. The fourth-order valence-electron chi connectivity index (χ4n) is 1.48. The summed E-state index contributed by atoms with van der Waals surface area (Å²) >= 11 is 2.25. The number of aliphatic hydroxyl groups excluding tert-OH is 1. The SMILES string of the molecule is Cc1cc(C(=O)N(C)CCC(C)O)ccc1I. The normalized spacial score (nSPS) is 12.3. The molecule has 1 aromatic rings. The van der Waals surface area contributed by atoms with Crippen molar-refractivity contribution >= 4 is 28.5 Å². The van der Waals surface area contributed by atoms with Crippen LogP contribution in [0.5, 0.6) is 0 Å². The number of rotatable bonds is 4. The van der Waals surface area contributed by atoms with Crippen LogP contribution in [0.15, 0.2) is 18.2 Å². The van der Waals surface area contributed by atoms with Crippen molar-refractivity contribution in [1.82, 2.24) is 4.90 Å². The van der Waals surface area contributed by atoms with Gasteiger partial charge in [-0.15, -0.1) is 0 Å². The minimum absolute atomic E-state index is 0.00477. The van der Waals surface area contributed by atoms with Gasteiger partial charge in [-0.05, 0) is 66.6 Å². The number of carbonyl (C=O) groups is 1. The number of amides is 1. The molecule has 0 saturated heterocycles. The largest absolute Gasteiger partial charge is 0.393 e. The van der Waals surface area contributed by atoms with E-state index in [-0.39, 0.29) is 12.0 Å². The van der Waals surface area contributed by atoms with Crippen LogP contribution in [0.1, 0.15) is 29.3 Å².